The zero-order chi connectivity index (χ0) is 14.7. The first-order chi connectivity index (χ1) is 9.76. The first-order valence-corrected chi connectivity index (χ1v) is 9.84. The van der Waals surface area contributed by atoms with E-state index in [2.05, 4.69) is 0 Å². The highest BCUT2D eigenvalue weighted by Crippen LogP contribution is 2.19. The van der Waals surface area contributed by atoms with E-state index in [-0.39, 0.29) is 6.29 Å². The molecule has 0 aromatic rings. The van der Waals surface area contributed by atoms with Gasteiger partial charge in [0.05, 0.1) is 0 Å². The molecule has 1 heterocycles. The molecule has 20 heavy (non-hydrogen) atoms. The normalized spacial score (nSPS) is 20.2. The largest absolute Gasteiger partial charge is 0.501 e. The Morgan fingerprint density at radius 1 is 1.00 bits per heavy atom. The second-order valence-corrected chi connectivity index (χ2v) is 7.48. The van der Waals surface area contributed by atoms with Crippen molar-refractivity contribution in [1.82, 2.24) is 0 Å². The van der Waals surface area contributed by atoms with Crippen LogP contribution in [0.4, 0.5) is 0 Å². The SMILES string of the molecule is CCO[Si](CCCOC1CCCCO1)(OCC)OCC. The van der Waals surface area contributed by atoms with Crippen LogP contribution < -0.4 is 0 Å². The van der Waals surface area contributed by atoms with Crippen molar-refractivity contribution in [3.63, 3.8) is 0 Å². The van der Waals surface area contributed by atoms with E-state index in [0.29, 0.717) is 26.4 Å². The van der Waals surface area contributed by atoms with E-state index in [0.717, 1.165) is 31.9 Å². The van der Waals surface area contributed by atoms with Gasteiger partial charge in [0.25, 0.3) is 0 Å². The van der Waals surface area contributed by atoms with Gasteiger partial charge in [-0.25, -0.2) is 0 Å². The van der Waals surface area contributed by atoms with Gasteiger partial charge in [0, 0.05) is 39.1 Å². The summed E-state index contributed by atoms with van der Waals surface area (Å²) in [6.45, 7) is 9.30. The van der Waals surface area contributed by atoms with Crippen LogP contribution in [0, 0.1) is 0 Å². The van der Waals surface area contributed by atoms with Gasteiger partial charge in [-0.05, 0) is 46.5 Å². The Kier molecular flexibility index (Phi) is 9.67. The molecular formula is C14H30O5Si. The first kappa shape index (κ1) is 18.1. The van der Waals surface area contributed by atoms with E-state index in [9.17, 15) is 0 Å². The number of hydrogen-bond donors (Lipinski definition) is 0. The predicted octanol–water partition coefficient (Wildman–Crippen LogP) is 2.97. The maximum Gasteiger partial charge on any atom is 0.501 e. The Hall–Kier alpha value is 0.0169. The van der Waals surface area contributed by atoms with E-state index >= 15 is 0 Å². The average molecular weight is 306 g/mol. The fraction of sp³-hybridized carbons (Fsp3) is 1.00. The fourth-order valence-electron chi connectivity index (χ4n) is 2.35. The molecule has 1 rings (SSSR count). The van der Waals surface area contributed by atoms with E-state index < -0.39 is 8.80 Å². The summed E-state index contributed by atoms with van der Waals surface area (Å²) >= 11 is 0. The van der Waals surface area contributed by atoms with E-state index in [4.69, 9.17) is 22.8 Å². The predicted molar refractivity (Wildman–Crippen MR) is 79.6 cm³/mol. The van der Waals surface area contributed by atoms with E-state index in [1.807, 2.05) is 20.8 Å². The van der Waals surface area contributed by atoms with Crippen LogP contribution in [0.1, 0.15) is 46.5 Å². The quantitative estimate of drug-likeness (QED) is 0.434. The third-order valence-corrected chi connectivity index (χ3v) is 6.31. The minimum atomic E-state index is -2.50. The highest BCUT2D eigenvalue weighted by Gasteiger charge is 2.39. The van der Waals surface area contributed by atoms with E-state index in [1.54, 1.807) is 0 Å². The van der Waals surface area contributed by atoms with Crippen LogP contribution in [0.5, 0.6) is 0 Å². The van der Waals surface area contributed by atoms with Gasteiger partial charge in [-0.3, -0.25) is 0 Å². The Morgan fingerprint density at radius 3 is 2.15 bits per heavy atom. The third-order valence-electron chi connectivity index (χ3n) is 3.16. The summed E-state index contributed by atoms with van der Waals surface area (Å²) in [5.74, 6) is 0. The van der Waals surface area contributed by atoms with Gasteiger partial charge in [0.15, 0.2) is 6.29 Å². The molecule has 1 aliphatic rings. The summed E-state index contributed by atoms with van der Waals surface area (Å²) in [5.41, 5.74) is 0. The van der Waals surface area contributed by atoms with Crippen LogP contribution in [-0.2, 0) is 22.8 Å². The monoisotopic (exact) mass is 306 g/mol. The molecule has 0 radical (unpaired) electrons. The maximum atomic E-state index is 5.81. The lowest BCUT2D eigenvalue weighted by Gasteiger charge is -2.29. The van der Waals surface area contributed by atoms with Crippen molar-refractivity contribution < 1.29 is 22.8 Å². The smallest absolute Gasteiger partial charge is 0.374 e. The van der Waals surface area contributed by atoms with Gasteiger partial charge >= 0.3 is 8.80 Å². The fourth-order valence-corrected chi connectivity index (χ4v) is 4.93. The van der Waals surface area contributed by atoms with Crippen LogP contribution in [-0.4, -0.2) is 48.1 Å². The molecule has 1 atom stereocenters. The standard InChI is InChI=1S/C14H30O5Si/c1-4-17-20(18-5-2,19-6-3)13-9-12-16-14-10-7-8-11-15-14/h14H,4-13H2,1-3H3. The van der Waals surface area contributed by atoms with Crippen LogP contribution >= 0.6 is 0 Å². The van der Waals surface area contributed by atoms with Gasteiger partial charge in [-0.1, -0.05) is 0 Å². The molecular weight excluding hydrogens is 276 g/mol. The van der Waals surface area contributed by atoms with Gasteiger partial charge in [-0.2, -0.15) is 0 Å². The van der Waals surface area contributed by atoms with Crippen molar-refractivity contribution in [2.75, 3.05) is 33.0 Å². The van der Waals surface area contributed by atoms with Crippen molar-refractivity contribution in [3.05, 3.63) is 0 Å². The highest BCUT2D eigenvalue weighted by atomic mass is 28.4. The molecule has 1 fully saturated rings. The highest BCUT2D eigenvalue weighted by molar-refractivity contribution is 6.60. The van der Waals surface area contributed by atoms with Crippen LogP contribution in [0.25, 0.3) is 0 Å². The lowest BCUT2D eigenvalue weighted by Crippen LogP contribution is -2.46. The molecule has 120 valence electrons. The van der Waals surface area contributed by atoms with Gasteiger partial charge in [0.2, 0.25) is 0 Å². The van der Waals surface area contributed by atoms with Crippen LogP contribution in [0.3, 0.4) is 0 Å². The van der Waals surface area contributed by atoms with Crippen molar-refractivity contribution in [3.8, 4) is 0 Å². The topological polar surface area (TPSA) is 46.2 Å². The molecule has 0 bridgehead atoms. The average Bonchev–Trinajstić information content (AvgIpc) is 2.46. The second-order valence-electron chi connectivity index (χ2n) is 4.75. The van der Waals surface area contributed by atoms with Crippen molar-refractivity contribution in [2.24, 2.45) is 0 Å². The van der Waals surface area contributed by atoms with E-state index in [1.165, 1.54) is 6.42 Å². The summed E-state index contributed by atoms with van der Waals surface area (Å²) < 4.78 is 28.7. The second kappa shape index (κ2) is 10.7. The minimum absolute atomic E-state index is 0.0221. The molecule has 1 saturated heterocycles. The Morgan fingerprint density at radius 2 is 1.65 bits per heavy atom. The number of rotatable bonds is 11. The maximum absolute atomic E-state index is 5.81. The Balaban J connectivity index is 2.28. The lowest BCUT2D eigenvalue weighted by atomic mass is 10.2. The first-order valence-electron chi connectivity index (χ1n) is 7.91. The molecule has 1 unspecified atom stereocenters. The summed E-state index contributed by atoms with van der Waals surface area (Å²) in [4.78, 5) is 0. The third kappa shape index (κ3) is 6.65. The summed E-state index contributed by atoms with van der Waals surface area (Å²) in [5, 5.41) is 0. The van der Waals surface area contributed by atoms with Crippen molar-refractivity contribution >= 4 is 8.80 Å². The van der Waals surface area contributed by atoms with Gasteiger partial charge in [0.1, 0.15) is 0 Å². The molecule has 6 heteroatoms. The zero-order valence-electron chi connectivity index (χ0n) is 13.2. The lowest BCUT2D eigenvalue weighted by molar-refractivity contribution is -0.162. The summed E-state index contributed by atoms with van der Waals surface area (Å²) in [6.07, 6.45) is 4.21. The number of hydrogen-bond acceptors (Lipinski definition) is 5. The molecule has 0 N–H and O–H groups in total. The van der Waals surface area contributed by atoms with Crippen LogP contribution in [0.15, 0.2) is 0 Å². The molecule has 0 spiro atoms. The summed E-state index contributed by atoms with van der Waals surface area (Å²) in [7, 11) is -2.50. The van der Waals surface area contributed by atoms with Gasteiger partial charge in [-0.15, -0.1) is 0 Å². The molecule has 5 nitrogen and oxygen atoms in total. The minimum Gasteiger partial charge on any atom is -0.374 e. The molecule has 1 aliphatic heterocycles. The van der Waals surface area contributed by atoms with Crippen LogP contribution in [0.2, 0.25) is 6.04 Å². The summed E-state index contributed by atoms with van der Waals surface area (Å²) in [6, 6.07) is 0.801. The molecule has 0 aliphatic carbocycles. The molecule has 0 amide bonds. The van der Waals surface area contributed by atoms with Crippen molar-refractivity contribution in [1.29, 1.82) is 0 Å². The Labute approximate surface area is 124 Å². The molecule has 0 saturated carbocycles. The number of ether oxygens (including phenoxy) is 2. The Bertz CT molecular complexity index is 217. The zero-order valence-corrected chi connectivity index (χ0v) is 14.2. The van der Waals surface area contributed by atoms with Gasteiger partial charge < -0.3 is 22.8 Å². The molecule has 0 aromatic heterocycles. The van der Waals surface area contributed by atoms with Crippen molar-refractivity contribution in [2.45, 2.75) is 58.8 Å². The molecule has 0 aromatic carbocycles.